The highest BCUT2D eigenvalue weighted by Crippen LogP contribution is 2.37. The molecule has 1 aliphatic rings. The van der Waals surface area contributed by atoms with Crippen molar-refractivity contribution in [2.45, 2.75) is 57.3 Å². The van der Waals surface area contributed by atoms with E-state index in [1.807, 2.05) is 0 Å². The van der Waals surface area contributed by atoms with E-state index >= 15 is 0 Å². The third kappa shape index (κ3) is 4.61. The molecular weight excluding hydrogens is 406 g/mol. The third-order valence-corrected chi connectivity index (χ3v) is 11.9. The van der Waals surface area contributed by atoms with Crippen molar-refractivity contribution in [3.05, 3.63) is 103 Å². The minimum Gasteiger partial charge on any atom is -0.406 e. The lowest BCUT2D eigenvalue weighted by Gasteiger charge is -2.44. The Balaban J connectivity index is 1.66. The molecule has 1 saturated heterocycles. The molecule has 3 aromatic rings. The molecule has 4 rings (SSSR count). The molecule has 167 valence electrons. The summed E-state index contributed by atoms with van der Waals surface area (Å²) in [6.45, 7) is 13.2. The van der Waals surface area contributed by atoms with Crippen LogP contribution in [0.3, 0.4) is 0 Å². The van der Waals surface area contributed by atoms with Gasteiger partial charge < -0.3 is 4.43 Å². The predicted molar refractivity (Wildman–Crippen MR) is 138 cm³/mol. The zero-order valence-corrected chi connectivity index (χ0v) is 20.7. The fraction of sp³-hybridized carbons (Fsp3) is 0.345. The molecule has 0 aromatic heterocycles. The first-order valence-electron chi connectivity index (χ1n) is 11.8. The van der Waals surface area contributed by atoms with Gasteiger partial charge in [0.25, 0.3) is 8.32 Å². The van der Waals surface area contributed by atoms with Crippen LogP contribution in [0.2, 0.25) is 5.04 Å². The molecule has 2 nitrogen and oxygen atoms in total. The van der Waals surface area contributed by atoms with Gasteiger partial charge in [0.05, 0.1) is 6.61 Å². The van der Waals surface area contributed by atoms with E-state index in [1.54, 1.807) is 0 Å². The maximum absolute atomic E-state index is 7.24. The lowest BCUT2D eigenvalue weighted by atomic mass is 10.2. The Labute approximate surface area is 195 Å². The van der Waals surface area contributed by atoms with E-state index in [0.29, 0.717) is 12.1 Å². The largest absolute Gasteiger partial charge is 0.406 e. The van der Waals surface area contributed by atoms with Gasteiger partial charge in [0.2, 0.25) is 0 Å². The average molecular weight is 443 g/mol. The summed E-state index contributed by atoms with van der Waals surface area (Å²) in [7, 11) is -2.51. The Morgan fingerprint density at radius 1 is 0.812 bits per heavy atom. The number of hydrogen-bond acceptors (Lipinski definition) is 2. The molecule has 1 heterocycles. The second kappa shape index (κ2) is 9.74. The van der Waals surface area contributed by atoms with E-state index in [0.717, 1.165) is 26.0 Å². The van der Waals surface area contributed by atoms with Crippen LogP contribution in [-0.2, 0) is 11.0 Å². The molecule has 1 fully saturated rings. The van der Waals surface area contributed by atoms with Gasteiger partial charge in [0, 0.05) is 18.6 Å². The topological polar surface area (TPSA) is 12.5 Å². The minimum atomic E-state index is -2.51. The van der Waals surface area contributed by atoms with Gasteiger partial charge in [-0.2, -0.15) is 0 Å². The SMILES string of the molecule is [CH2]C1CCC(CO[Si](c2ccccc2)(c2ccccc2)C(C)(C)C)N1Cc1ccccc1. The molecule has 1 radical (unpaired) electrons. The smallest absolute Gasteiger partial charge is 0.261 e. The van der Waals surface area contributed by atoms with Gasteiger partial charge in [-0.25, -0.2) is 0 Å². The van der Waals surface area contributed by atoms with Crippen LogP contribution in [0.1, 0.15) is 39.2 Å². The molecule has 0 spiro atoms. The zero-order chi connectivity index (χ0) is 22.6. The molecule has 0 saturated carbocycles. The number of benzene rings is 3. The lowest BCUT2D eigenvalue weighted by Crippen LogP contribution is -2.67. The highest BCUT2D eigenvalue weighted by molar-refractivity contribution is 6.99. The molecule has 32 heavy (non-hydrogen) atoms. The van der Waals surface area contributed by atoms with Crippen LogP contribution in [0.5, 0.6) is 0 Å². The van der Waals surface area contributed by atoms with E-state index in [1.165, 1.54) is 15.9 Å². The Morgan fingerprint density at radius 3 is 1.81 bits per heavy atom. The molecule has 0 aliphatic carbocycles. The van der Waals surface area contributed by atoms with Crippen molar-refractivity contribution in [1.82, 2.24) is 4.90 Å². The second-order valence-corrected chi connectivity index (χ2v) is 14.3. The van der Waals surface area contributed by atoms with Gasteiger partial charge in [-0.15, -0.1) is 0 Å². The Morgan fingerprint density at radius 2 is 1.31 bits per heavy atom. The normalized spacial score (nSPS) is 19.9. The maximum atomic E-state index is 7.24. The highest BCUT2D eigenvalue weighted by Gasteiger charge is 2.50. The van der Waals surface area contributed by atoms with Crippen LogP contribution in [0, 0.1) is 6.92 Å². The summed E-state index contributed by atoms with van der Waals surface area (Å²) in [6, 6.07) is 33.4. The number of rotatable bonds is 7. The van der Waals surface area contributed by atoms with E-state index in [-0.39, 0.29) is 5.04 Å². The van der Waals surface area contributed by atoms with Crippen molar-refractivity contribution in [3.8, 4) is 0 Å². The quantitative estimate of drug-likeness (QED) is 0.452. The molecule has 2 atom stereocenters. The summed E-state index contributed by atoms with van der Waals surface area (Å²) in [4.78, 5) is 2.55. The maximum Gasteiger partial charge on any atom is 0.261 e. The van der Waals surface area contributed by atoms with E-state index < -0.39 is 8.32 Å². The predicted octanol–water partition coefficient (Wildman–Crippen LogP) is 5.43. The summed E-state index contributed by atoms with van der Waals surface area (Å²) >= 11 is 0. The average Bonchev–Trinajstić information content (AvgIpc) is 3.15. The van der Waals surface area contributed by atoms with Crippen molar-refractivity contribution >= 4 is 18.7 Å². The summed E-state index contributed by atoms with van der Waals surface area (Å²) < 4.78 is 7.24. The van der Waals surface area contributed by atoms with Crippen molar-refractivity contribution < 1.29 is 4.43 Å². The van der Waals surface area contributed by atoms with Crippen molar-refractivity contribution in [2.24, 2.45) is 0 Å². The van der Waals surface area contributed by atoms with Crippen molar-refractivity contribution in [1.29, 1.82) is 0 Å². The number of nitrogens with zero attached hydrogens (tertiary/aromatic N) is 1. The number of hydrogen-bond donors (Lipinski definition) is 0. The van der Waals surface area contributed by atoms with Crippen LogP contribution < -0.4 is 10.4 Å². The minimum absolute atomic E-state index is 0.00242. The molecule has 3 heteroatoms. The molecule has 2 unspecified atom stereocenters. The molecule has 0 N–H and O–H groups in total. The van der Waals surface area contributed by atoms with Gasteiger partial charge in [-0.3, -0.25) is 4.90 Å². The van der Waals surface area contributed by atoms with E-state index in [4.69, 9.17) is 4.43 Å². The van der Waals surface area contributed by atoms with Gasteiger partial charge in [-0.1, -0.05) is 112 Å². The first kappa shape index (κ1) is 23.0. The standard InChI is InChI=1S/C29H36NOSi/c1-24-20-21-26(30(24)22-25-14-8-5-9-15-25)23-31-32(29(2,3)4,27-16-10-6-11-17-27)28-18-12-7-13-19-28/h5-19,24,26H,1,20-23H2,2-4H3. The van der Waals surface area contributed by atoms with E-state index in [9.17, 15) is 0 Å². The Hall–Kier alpha value is -2.20. The molecule has 1 aliphatic heterocycles. The first-order valence-corrected chi connectivity index (χ1v) is 13.7. The monoisotopic (exact) mass is 442 g/mol. The van der Waals surface area contributed by atoms with Crippen molar-refractivity contribution in [3.63, 3.8) is 0 Å². The van der Waals surface area contributed by atoms with Crippen LogP contribution in [0.4, 0.5) is 0 Å². The van der Waals surface area contributed by atoms with Crippen LogP contribution >= 0.6 is 0 Å². The highest BCUT2D eigenvalue weighted by atomic mass is 28.4. The van der Waals surface area contributed by atoms with Gasteiger partial charge in [-0.05, 0) is 40.7 Å². The summed E-state index contributed by atoms with van der Waals surface area (Å²) in [5.74, 6) is 0. The first-order chi connectivity index (χ1) is 15.4. The van der Waals surface area contributed by atoms with Crippen molar-refractivity contribution in [2.75, 3.05) is 6.61 Å². The summed E-state index contributed by atoms with van der Waals surface area (Å²) in [5, 5.41) is 2.69. The third-order valence-electron chi connectivity index (χ3n) is 6.89. The molecular formula is C29H36NOSi. The van der Waals surface area contributed by atoms with Gasteiger partial charge in [0.1, 0.15) is 0 Å². The Kier molecular flexibility index (Phi) is 6.99. The number of likely N-dealkylation sites (tertiary alicyclic amines) is 1. The molecule has 0 bridgehead atoms. The van der Waals surface area contributed by atoms with Crippen LogP contribution in [0.15, 0.2) is 91.0 Å². The van der Waals surface area contributed by atoms with Crippen LogP contribution in [-0.4, -0.2) is 31.9 Å². The summed E-state index contributed by atoms with van der Waals surface area (Å²) in [6.07, 6.45) is 2.26. The van der Waals surface area contributed by atoms with Crippen LogP contribution in [0.25, 0.3) is 0 Å². The molecule has 3 aromatic carbocycles. The fourth-order valence-corrected chi connectivity index (χ4v) is 9.83. The lowest BCUT2D eigenvalue weighted by molar-refractivity contribution is 0.141. The van der Waals surface area contributed by atoms with E-state index in [2.05, 4.69) is 124 Å². The summed E-state index contributed by atoms with van der Waals surface area (Å²) in [5.41, 5.74) is 1.35. The molecule has 0 amide bonds. The second-order valence-electron chi connectivity index (χ2n) is 10.0. The van der Waals surface area contributed by atoms with Gasteiger partial charge >= 0.3 is 0 Å². The zero-order valence-electron chi connectivity index (χ0n) is 19.7. The fourth-order valence-electron chi connectivity index (χ4n) is 5.23. The Bertz CT molecular complexity index is 929. The van der Waals surface area contributed by atoms with Gasteiger partial charge in [0.15, 0.2) is 0 Å².